The van der Waals surface area contributed by atoms with Gasteiger partial charge in [0, 0.05) is 17.0 Å². The van der Waals surface area contributed by atoms with Gasteiger partial charge >= 0.3 is 0 Å². The van der Waals surface area contributed by atoms with Crippen LogP contribution < -0.4 is 5.73 Å². The monoisotopic (exact) mass is 194 g/mol. The lowest BCUT2D eigenvalue weighted by atomic mass is 10.1. The Kier molecular flexibility index (Phi) is 3.62. The summed E-state index contributed by atoms with van der Waals surface area (Å²) in [5, 5.41) is 7.50. The molecule has 0 atom stereocenters. The van der Waals surface area contributed by atoms with Crippen molar-refractivity contribution in [3.63, 3.8) is 0 Å². The van der Waals surface area contributed by atoms with Gasteiger partial charge in [0.15, 0.2) is 0 Å². The number of anilines is 1. The second-order valence-electron chi connectivity index (χ2n) is 2.98. The quantitative estimate of drug-likeness (QED) is 0.332. The van der Waals surface area contributed by atoms with E-state index in [4.69, 9.17) is 16.0 Å². The summed E-state index contributed by atoms with van der Waals surface area (Å²) < 4.78 is 0. The van der Waals surface area contributed by atoms with E-state index in [0.29, 0.717) is 18.0 Å². The van der Waals surface area contributed by atoms with Crippen LogP contribution in [0.5, 0.6) is 0 Å². The molecule has 1 aromatic carbocycles. The Morgan fingerprint density at radius 2 is 2.21 bits per heavy atom. The van der Waals surface area contributed by atoms with Crippen molar-refractivity contribution in [1.29, 1.82) is 5.41 Å². The van der Waals surface area contributed by atoms with E-state index in [1.165, 1.54) is 7.11 Å². The first-order valence-corrected chi connectivity index (χ1v) is 4.24. The van der Waals surface area contributed by atoms with E-state index in [2.05, 4.69) is 4.89 Å². The Morgan fingerprint density at radius 1 is 1.50 bits per heavy atom. The van der Waals surface area contributed by atoms with Gasteiger partial charge in [-0.3, -0.25) is 0 Å². The third kappa shape index (κ3) is 2.55. The normalized spacial score (nSPS) is 10.1. The standard InChI is InChI=1S/C10H14N2O2/c1-7(11)9-5-8(6-14-13-2)3-4-10(9)12/h3-5,11H,6,12H2,1-2H3. The Bertz CT molecular complexity index is 337. The molecule has 0 aliphatic carbocycles. The molecule has 0 unspecified atom stereocenters. The minimum absolute atomic E-state index is 0.358. The number of rotatable bonds is 4. The molecule has 0 heterocycles. The highest BCUT2D eigenvalue weighted by atomic mass is 17.2. The van der Waals surface area contributed by atoms with Crippen molar-refractivity contribution in [2.45, 2.75) is 13.5 Å². The van der Waals surface area contributed by atoms with Crippen molar-refractivity contribution >= 4 is 11.4 Å². The van der Waals surface area contributed by atoms with E-state index < -0.39 is 0 Å². The van der Waals surface area contributed by atoms with Gasteiger partial charge in [0.25, 0.3) is 0 Å². The number of hydrogen-bond donors (Lipinski definition) is 2. The average Bonchev–Trinajstić information content (AvgIpc) is 2.16. The van der Waals surface area contributed by atoms with E-state index in [-0.39, 0.29) is 0 Å². The first-order valence-electron chi connectivity index (χ1n) is 4.24. The zero-order chi connectivity index (χ0) is 10.6. The molecule has 0 radical (unpaired) electrons. The van der Waals surface area contributed by atoms with Crippen molar-refractivity contribution < 1.29 is 9.78 Å². The second kappa shape index (κ2) is 4.74. The van der Waals surface area contributed by atoms with Crippen molar-refractivity contribution in [3.05, 3.63) is 29.3 Å². The molecule has 14 heavy (non-hydrogen) atoms. The Morgan fingerprint density at radius 3 is 2.79 bits per heavy atom. The first kappa shape index (κ1) is 10.7. The SMILES string of the molecule is COOCc1ccc(N)c(C(C)=N)c1. The van der Waals surface area contributed by atoms with E-state index in [9.17, 15) is 0 Å². The molecule has 76 valence electrons. The van der Waals surface area contributed by atoms with Crippen LogP contribution in [-0.4, -0.2) is 12.8 Å². The highest BCUT2D eigenvalue weighted by Crippen LogP contribution is 2.15. The predicted octanol–water partition coefficient (Wildman–Crippen LogP) is 1.73. The molecule has 0 aromatic heterocycles. The summed E-state index contributed by atoms with van der Waals surface area (Å²) in [6, 6.07) is 5.44. The molecule has 0 saturated carbocycles. The minimum Gasteiger partial charge on any atom is -0.398 e. The van der Waals surface area contributed by atoms with Gasteiger partial charge in [-0.05, 0) is 24.6 Å². The van der Waals surface area contributed by atoms with Gasteiger partial charge in [-0.15, -0.1) is 0 Å². The van der Waals surface area contributed by atoms with Crippen molar-refractivity contribution in [1.82, 2.24) is 0 Å². The zero-order valence-corrected chi connectivity index (χ0v) is 8.33. The first-order chi connectivity index (χ1) is 6.65. The maximum absolute atomic E-state index is 7.50. The number of nitrogens with two attached hydrogens (primary N) is 1. The molecule has 0 aliphatic heterocycles. The molecule has 0 spiro atoms. The van der Waals surface area contributed by atoms with Crippen LogP contribution in [0.25, 0.3) is 0 Å². The van der Waals surface area contributed by atoms with Gasteiger partial charge in [-0.25, -0.2) is 9.78 Å². The van der Waals surface area contributed by atoms with E-state index in [0.717, 1.165) is 11.1 Å². The van der Waals surface area contributed by atoms with Crippen LogP contribution in [-0.2, 0) is 16.4 Å². The highest BCUT2D eigenvalue weighted by Gasteiger charge is 2.03. The molecular formula is C10H14N2O2. The van der Waals surface area contributed by atoms with Crippen molar-refractivity contribution in [2.24, 2.45) is 0 Å². The largest absolute Gasteiger partial charge is 0.398 e. The molecule has 0 amide bonds. The number of benzene rings is 1. The van der Waals surface area contributed by atoms with Crippen molar-refractivity contribution in [2.75, 3.05) is 12.8 Å². The van der Waals surface area contributed by atoms with Gasteiger partial charge in [0.05, 0.1) is 7.11 Å². The van der Waals surface area contributed by atoms with Crippen LogP contribution in [0.3, 0.4) is 0 Å². The fourth-order valence-electron chi connectivity index (χ4n) is 1.14. The maximum atomic E-state index is 7.50. The van der Waals surface area contributed by atoms with Gasteiger partial charge in [0.2, 0.25) is 0 Å². The van der Waals surface area contributed by atoms with Crippen molar-refractivity contribution in [3.8, 4) is 0 Å². The van der Waals surface area contributed by atoms with Crippen LogP contribution in [0.2, 0.25) is 0 Å². The number of hydrogen-bond acceptors (Lipinski definition) is 4. The average molecular weight is 194 g/mol. The predicted molar refractivity (Wildman–Crippen MR) is 55.2 cm³/mol. The number of nitrogens with one attached hydrogen (secondary N) is 1. The summed E-state index contributed by atoms with van der Waals surface area (Å²) in [6.07, 6.45) is 0. The number of nitrogen functional groups attached to an aromatic ring is 1. The molecule has 0 bridgehead atoms. The van der Waals surface area contributed by atoms with Crippen LogP contribution in [0.15, 0.2) is 18.2 Å². The molecular weight excluding hydrogens is 180 g/mol. The minimum atomic E-state index is 0.358. The summed E-state index contributed by atoms with van der Waals surface area (Å²) >= 11 is 0. The molecule has 1 rings (SSSR count). The van der Waals surface area contributed by atoms with Crippen LogP contribution >= 0.6 is 0 Å². The molecule has 4 nitrogen and oxygen atoms in total. The van der Waals surface area contributed by atoms with Gasteiger partial charge < -0.3 is 11.1 Å². The van der Waals surface area contributed by atoms with Gasteiger partial charge in [0.1, 0.15) is 6.61 Å². The van der Waals surface area contributed by atoms with Crippen LogP contribution in [0.1, 0.15) is 18.1 Å². The Hall–Kier alpha value is -1.39. The summed E-state index contributed by atoms with van der Waals surface area (Å²) in [4.78, 5) is 9.27. The zero-order valence-electron chi connectivity index (χ0n) is 8.33. The fraction of sp³-hybridized carbons (Fsp3) is 0.300. The molecule has 3 N–H and O–H groups in total. The third-order valence-electron chi connectivity index (χ3n) is 1.87. The second-order valence-corrected chi connectivity index (χ2v) is 2.98. The van der Waals surface area contributed by atoms with Gasteiger partial charge in [-0.2, -0.15) is 0 Å². The summed E-state index contributed by atoms with van der Waals surface area (Å²) in [5.74, 6) is 0. The lowest BCUT2D eigenvalue weighted by Crippen LogP contribution is -2.01. The Balaban J connectivity index is 2.89. The Labute approximate surface area is 83.1 Å². The molecule has 0 saturated heterocycles. The topological polar surface area (TPSA) is 68.3 Å². The lowest BCUT2D eigenvalue weighted by molar-refractivity contribution is -0.282. The molecule has 0 fully saturated rings. The summed E-state index contributed by atoms with van der Waals surface area (Å²) in [6.45, 7) is 2.06. The summed E-state index contributed by atoms with van der Waals surface area (Å²) in [7, 11) is 1.46. The summed E-state index contributed by atoms with van der Waals surface area (Å²) in [5.41, 5.74) is 8.43. The maximum Gasteiger partial charge on any atom is 0.107 e. The smallest absolute Gasteiger partial charge is 0.107 e. The molecule has 1 aromatic rings. The fourth-order valence-corrected chi connectivity index (χ4v) is 1.14. The lowest BCUT2D eigenvalue weighted by Gasteiger charge is -2.06. The third-order valence-corrected chi connectivity index (χ3v) is 1.87. The highest BCUT2D eigenvalue weighted by molar-refractivity contribution is 6.01. The van der Waals surface area contributed by atoms with Crippen LogP contribution in [0.4, 0.5) is 5.69 Å². The molecule has 0 aliphatic rings. The molecule has 4 heteroatoms. The van der Waals surface area contributed by atoms with Gasteiger partial charge in [-0.1, -0.05) is 6.07 Å². The van der Waals surface area contributed by atoms with E-state index >= 15 is 0 Å². The van der Waals surface area contributed by atoms with Crippen LogP contribution in [0, 0.1) is 5.41 Å². The van der Waals surface area contributed by atoms with E-state index in [1.807, 2.05) is 12.1 Å². The van der Waals surface area contributed by atoms with E-state index in [1.54, 1.807) is 13.0 Å².